The van der Waals surface area contributed by atoms with Crippen LogP contribution in [0.1, 0.15) is 78.9 Å². The van der Waals surface area contributed by atoms with Crippen LogP contribution in [0.2, 0.25) is 0 Å². The van der Waals surface area contributed by atoms with Crippen LogP contribution in [0, 0.1) is 0 Å². The van der Waals surface area contributed by atoms with E-state index in [0.717, 1.165) is 50.0 Å². The maximum absolute atomic E-state index is 12.4. The molecule has 1 aliphatic rings. The van der Waals surface area contributed by atoms with Gasteiger partial charge in [0.05, 0.1) is 13.1 Å². The number of aliphatic imine (C=N–C) groups is 1. The number of ether oxygens (including phenoxy) is 1. The van der Waals surface area contributed by atoms with Crippen LogP contribution in [0.5, 0.6) is 0 Å². The molecule has 0 bridgehead atoms. The van der Waals surface area contributed by atoms with E-state index in [1.807, 2.05) is 32.4 Å². The van der Waals surface area contributed by atoms with E-state index in [1.165, 1.54) is 0 Å². The van der Waals surface area contributed by atoms with Crippen molar-refractivity contribution >= 4 is 12.1 Å². The average Bonchev–Trinajstić information content (AvgIpc) is 3.10. The summed E-state index contributed by atoms with van der Waals surface area (Å²) in [6, 6.07) is 0.240. The van der Waals surface area contributed by atoms with E-state index >= 15 is 0 Å². The summed E-state index contributed by atoms with van der Waals surface area (Å²) < 4.78 is 7.54. The third-order valence-electron chi connectivity index (χ3n) is 4.86. The number of nitrogens with one attached hydrogen (secondary N) is 2. The van der Waals surface area contributed by atoms with Crippen LogP contribution in [0.3, 0.4) is 0 Å². The van der Waals surface area contributed by atoms with Crippen LogP contribution in [0.25, 0.3) is 0 Å². The highest BCUT2D eigenvalue weighted by atomic mass is 16.6. The Balaban J connectivity index is 1.95. The lowest BCUT2D eigenvalue weighted by Crippen LogP contribution is -2.47. The standard InChI is InChI=1S/C22H41N7O2/c1-8-13-28(21(30)31-22(5,6)7)14-12-24-20(23-9-2)25-17-10-11-18-26-19(16(3)4)27-29(18)15-17/h16-17H,8-15H2,1-7H3,(H2,23,24,25). The monoisotopic (exact) mass is 435 g/mol. The molecular formula is C22H41N7O2. The Morgan fingerprint density at radius 2 is 2.06 bits per heavy atom. The predicted octanol–water partition coefficient (Wildman–Crippen LogP) is 2.92. The molecule has 0 aromatic carbocycles. The minimum absolute atomic E-state index is 0.240. The van der Waals surface area contributed by atoms with Crippen molar-refractivity contribution in [3.8, 4) is 0 Å². The molecular weight excluding hydrogens is 394 g/mol. The van der Waals surface area contributed by atoms with Crippen molar-refractivity contribution in [2.75, 3.05) is 26.2 Å². The average molecular weight is 436 g/mol. The SMILES string of the molecule is CCCN(CCN=C(NCC)NC1CCc2nc(C(C)C)nn2C1)C(=O)OC(C)(C)C. The maximum Gasteiger partial charge on any atom is 0.410 e. The Morgan fingerprint density at radius 3 is 2.68 bits per heavy atom. The molecule has 0 saturated heterocycles. The number of aromatic nitrogens is 3. The van der Waals surface area contributed by atoms with Crippen molar-refractivity contribution in [1.82, 2.24) is 30.3 Å². The lowest BCUT2D eigenvalue weighted by atomic mass is 10.1. The van der Waals surface area contributed by atoms with Gasteiger partial charge in [0.15, 0.2) is 11.8 Å². The Bertz CT molecular complexity index is 737. The summed E-state index contributed by atoms with van der Waals surface area (Å²) in [5.41, 5.74) is -0.501. The van der Waals surface area contributed by atoms with Crippen molar-refractivity contribution in [3.63, 3.8) is 0 Å². The van der Waals surface area contributed by atoms with Gasteiger partial charge in [-0.25, -0.2) is 14.5 Å². The second-order valence-electron chi connectivity index (χ2n) is 9.33. The normalized spacial score (nSPS) is 16.8. The highest BCUT2D eigenvalue weighted by molar-refractivity contribution is 5.80. The third kappa shape index (κ3) is 8.03. The molecule has 2 N–H and O–H groups in total. The number of amides is 1. The molecule has 176 valence electrons. The predicted molar refractivity (Wildman–Crippen MR) is 123 cm³/mol. The first kappa shape index (κ1) is 24.9. The fourth-order valence-corrected chi connectivity index (χ4v) is 3.38. The number of hydrogen-bond acceptors (Lipinski definition) is 5. The maximum atomic E-state index is 12.4. The zero-order valence-corrected chi connectivity index (χ0v) is 20.4. The van der Waals surface area contributed by atoms with Gasteiger partial charge in [-0.2, -0.15) is 5.10 Å². The lowest BCUT2D eigenvalue weighted by molar-refractivity contribution is 0.0256. The molecule has 1 atom stereocenters. The molecule has 0 radical (unpaired) electrons. The van der Waals surface area contributed by atoms with Crippen molar-refractivity contribution in [2.45, 2.75) is 91.8 Å². The molecule has 0 saturated carbocycles. The van der Waals surface area contributed by atoms with Gasteiger partial charge in [-0.15, -0.1) is 0 Å². The summed E-state index contributed by atoms with van der Waals surface area (Å²) >= 11 is 0. The molecule has 1 unspecified atom stereocenters. The highest BCUT2D eigenvalue weighted by Gasteiger charge is 2.24. The number of carbonyl (C=O) groups is 1. The Morgan fingerprint density at radius 1 is 1.32 bits per heavy atom. The molecule has 31 heavy (non-hydrogen) atoms. The highest BCUT2D eigenvalue weighted by Crippen LogP contribution is 2.17. The van der Waals surface area contributed by atoms with Crippen LogP contribution in [0.4, 0.5) is 4.79 Å². The van der Waals surface area contributed by atoms with E-state index in [0.29, 0.717) is 25.6 Å². The number of fused-ring (bicyclic) bond motifs is 1. The summed E-state index contributed by atoms with van der Waals surface area (Å²) in [5, 5.41) is 11.5. The van der Waals surface area contributed by atoms with Crippen LogP contribution in [-0.4, -0.2) is 69.5 Å². The van der Waals surface area contributed by atoms with E-state index in [9.17, 15) is 4.79 Å². The number of carbonyl (C=O) groups excluding carboxylic acids is 1. The second-order valence-corrected chi connectivity index (χ2v) is 9.33. The Labute approximate surface area is 187 Å². The van der Waals surface area contributed by atoms with Crippen molar-refractivity contribution < 1.29 is 9.53 Å². The Kier molecular flexibility index (Phi) is 9.13. The lowest BCUT2D eigenvalue weighted by Gasteiger charge is -2.27. The first-order valence-corrected chi connectivity index (χ1v) is 11.6. The molecule has 1 aromatic rings. The molecule has 2 heterocycles. The van der Waals surface area contributed by atoms with Gasteiger partial charge in [0, 0.05) is 38.0 Å². The van der Waals surface area contributed by atoms with Crippen LogP contribution in [-0.2, 0) is 17.7 Å². The van der Waals surface area contributed by atoms with E-state index < -0.39 is 5.60 Å². The molecule has 0 aliphatic carbocycles. The number of hydrogen-bond donors (Lipinski definition) is 2. The molecule has 0 fully saturated rings. The molecule has 1 aliphatic heterocycles. The smallest absolute Gasteiger partial charge is 0.410 e. The summed E-state index contributed by atoms with van der Waals surface area (Å²) in [6.45, 7) is 17.2. The fraction of sp³-hybridized carbons (Fsp3) is 0.818. The van der Waals surface area contributed by atoms with E-state index in [2.05, 4.69) is 41.5 Å². The van der Waals surface area contributed by atoms with Crippen LogP contribution in [0.15, 0.2) is 4.99 Å². The van der Waals surface area contributed by atoms with Crippen molar-refractivity contribution in [1.29, 1.82) is 0 Å². The zero-order chi connectivity index (χ0) is 23.0. The van der Waals surface area contributed by atoms with Crippen molar-refractivity contribution in [2.24, 2.45) is 4.99 Å². The van der Waals surface area contributed by atoms with Crippen LogP contribution < -0.4 is 10.6 Å². The largest absolute Gasteiger partial charge is 0.444 e. The van der Waals surface area contributed by atoms with Crippen molar-refractivity contribution in [3.05, 3.63) is 11.6 Å². The van der Waals surface area contributed by atoms with Gasteiger partial charge in [0.25, 0.3) is 0 Å². The molecule has 2 rings (SSSR count). The zero-order valence-electron chi connectivity index (χ0n) is 20.4. The van der Waals surface area contributed by atoms with Gasteiger partial charge in [-0.1, -0.05) is 20.8 Å². The minimum atomic E-state index is -0.501. The first-order valence-electron chi connectivity index (χ1n) is 11.6. The molecule has 9 heteroatoms. The number of nitrogens with zero attached hydrogens (tertiary/aromatic N) is 5. The number of aryl methyl sites for hydroxylation is 1. The first-order chi connectivity index (χ1) is 14.6. The third-order valence-corrected chi connectivity index (χ3v) is 4.86. The molecule has 9 nitrogen and oxygen atoms in total. The second kappa shape index (κ2) is 11.3. The van der Waals surface area contributed by atoms with Gasteiger partial charge in [0.1, 0.15) is 11.4 Å². The minimum Gasteiger partial charge on any atom is -0.444 e. The quantitative estimate of drug-likeness (QED) is 0.481. The van der Waals surface area contributed by atoms with E-state index in [1.54, 1.807) is 4.90 Å². The molecule has 1 amide bonds. The topological polar surface area (TPSA) is 96.7 Å². The Hall–Kier alpha value is -2.32. The summed E-state index contributed by atoms with van der Waals surface area (Å²) in [7, 11) is 0. The number of guanidine groups is 1. The number of rotatable bonds is 8. The van der Waals surface area contributed by atoms with Gasteiger partial charge >= 0.3 is 6.09 Å². The van der Waals surface area contributed by atoms with E-state index in [-0.39, 0.29) is 12.1 Å². The molecule has 0 spiro atoms. The summed E-state index contributed by atoms with van der Waals surface area (Å²) in [4.78, 5) is 23.5. The van der Waals surface area contributed by atoms with Crippen LogP contribution >= 0.6 is 0 Å². The summed E-state index contributed by atoms with van der Waals surface area (Å²) in [5.74, 6) is 3.07. The van der Waals surface area contributed by atoms with E-state index in [4.69, 9.17) is 9.73 Å². The molecule has 1 aromatic heterocycles. The summed E-state index contributed by atoms with van der Waals surface area (Å²) in [6.07, 6.45) is 2.48. The van der Waals surface area contributed by atoms with Gasteiger partial charge in [-0.3, -0.25) is 4.99 Å². The fourth-order valence-electron chi connectivity index (χ4n) is 3.38. The van der Waals surface area contributed by atoms with Gasteiger partial charge in [0.2, 0.25) is 0 Å². The van der Waals surface area contributed by atoms with Gasteiger partial charge < -0.3 is 20.3 Å². The van der Waals surface area contributed by atoms with Gasteiger partial charge in [-0.05, 0) is 40.5 Å².